The highest BCUT2D eigenvalue weighted by Gasteiger charge is 2.55. The van der Waals surface area contributed by atoms with E-state index in [4.69, 9.17) is 33.9 Å². The van der Waals surface area contributed by atoms with Crippen molar-refractivity contribution in [1.29, 1.82) is 0 Å². The minimum atomic E-state index is -2.36. The number of hydrogen-bond acceptors (Lipinski definition) is 11. The molecule has 5 aliphatic heterocycles. The highest BCUT2D eigenvalue weighted by molar-refractivity contribution is 6.90. The lowest BCUT2D eigenvalue weighted by atomic mass is 9.90. The Balaban J connectivity index is 1.28. The zero-order chi connectivity index (χ0) is 52.1. The molecule has 2 aromatic heterocycles. The number of piperazine rings is 1. The Morgan fingerprint density at radius 3 is 2.32 bits per heavy atom. The number of carbonyl (C=O) groups excluding carboxylic acids is 2. The molecule has 386 valence electrons. The SMILES string of the molecule is C=C1CCN2C[C@H](F)CC12COc1nc2c3c(nc(-c4cc(NC(=O)OC(C)(C)C)c(F)c5cccc(C#C[Si](C(C)C)(C(C)C)C(C)C)c45)c(F)c3n1)O[C@@H](C)[C@@H]1[C@@H]3CC[C@H](CN21)N3C(=O)OC(C)(C)C. The predicted octanol–water partition coefficient (Wildman–Crippen LogP) is 11.9. The molecule has 72 heavy (non-hydrogen) atoms. The van der Waals surface area contributed by atoms with E-state index in [1.807, 2.05) is 32.6 Å². The van der Waals surface area contributed by atoms with Gasteiger partial charge in [-0.15, -0.1) is 5.54 Å². The molecule has 4 saturated heterocycles. The van der Waals surface area contributed by atoms with Crippen LogP contribution in [0, 0.1) is 23.1 Å². The van der Waals surface area contributed by atoms with Crippen LogP contribution in [0.25, 0.3) is 32.9 Å². The number of rotatable bonds is 8. The molecule has 0 radical (unpaired) electrons. The Labute approximate surface area is 422 Å². The van der Waals surface area contributed by atoms with Crippen LogP contribution >= 0.6 is 0 Å². The summed E-state index contributed by atoms with van der Waals surface area (Å²) in [6.07, 6.45) is -0.838. The third kappa shape index (κ3) is 8.81. The molecule has 0 saturated carbocycles. The number of nitrogens with zero attached hydrogens (tertiary/aromatic N) is 6. The Hall–Kier alpha value is -5.60. The van der Waals surface area contributed by atoms with Gasteiger partial charge < -0.3 is 23.8 Å². The van der Waals surface area contributed by atoms with Gasteiger partial charge in [-0.3, -0.25) is 15.1 Å². The van der Waals surface area contributed by atoms with Gasteiger partial charge in [0.05, 0.1) is 29.4 Å². The Bertz CT molecular complexity index is 2900. The molecule has 7 heterocycles. The fourth-order valence-corrected chi connectivity index (χ4v) is 17.9. The zero-order valence-corrected chi connectivity index (χ0v) is 45.1. The van der Waals surface area contributed by atoms with E-state index in [9.17, 15) is 9.59 Å². The van der Waals surface area contributed by atoms with Crippen molar-refractivity contribution in [1.82, 2.24) is 24.8 Å². The maximum absolute atomic E-state index is 18.5. The fraction of sp³-hybridized carbons (Fsp3) is 0.582. The van der Waals surface area contributed by atoms with Gasteiger partial charge in [-0.25, -0.2) is 27.7 Å². The first kappa shape index (κ1) is 51.3. The van der Waals surface area contributed by atoms with E-state index in [2.05, 4.69) is 74.7 Å². The monoisotopic (exact) mass is 1010 g/mol. The average Bonchev–Trinajstić information content (AvgIpc) is 3.86. The molecule has 0 aliphatic carbocycles. The Morgan fingerprint density at radius 1 is 0.958 bits per heavy atom. The van der Waals surface area contributed by atoms with Crippen LogP contribution < -0.4 is 19.7 Å². The molecule has 1 N–H and O–H groups in total. The van der Waals surface area contributed by atoms with Crippen LogP contribution in [0.15, 0.2) is 36.4 Å². The highest BCUT2D eigenvalue weighted by Crippen LogP contribution is 2.49. The number of carbonyl (C=O) groups is 2. The van der Waals surface area contributed by atoms with Gasteiger partial charge in [-0.05, 0) is 96.5 Å². The van der Waals surface area contributed by atoms with Gasteiger partial charge in [-0.1, -0.05) is 71.7 Å². The molecule has 2 amide bonds. The summed E-state index contributed by atoms with van der Waals surface area (Å²) in [5.41, 5.74) is 2.94. The predicted molar refractivity (Wildman–Crippen MR) is 277 cm³/mol. The summed E-state index contributed by atoms with van der Waals surface area (Å²) >= 11 is 0. The van der Waals surface area contributed by atoms with E-state index >= 15 is 13.2 Å². The number of halogens is 3. The average molecular weight is 1010 g/mol. The van der Waals surface area contributed by atoms with Crippen molar-refractivity contribution in [3.8, 4) is 34.6 Å². The van der Waals surface area contributed by atoms with Gasteiger partial charge >= 0.3 is 18.2 Å². The first-order valence-corrected chi connectivity index (χ1v) is 27.8. The molecule has 13 nitrogen and oxygen atoms in total. The third-order valence-electron chi connectivity index (χ3n) is 15.7. The zero-order valence-electron chi connectivity index (χ0n) is 44.1. The van der Waals surface area contributed by atoms with Crippen molar-refractivity contribution in [2.75, 3.05) is 36.5 Å². The van der Waals surface area contributed by atoms with Gasteiger partial charge in [0.25, 0.3) is 0 Å². The molecule has 1 unspecified atom stereocenters. The van der Waals surface area contributed by atoms with Crippen LogP contribution in [0.2, 0.25) is 16.6 Å². The van der Waals surface area contributed by atoms with Crippen LogP contribution in [0.5, 0.6) is 11.9 Å². The molecule has 4 fully saturated rings. The van der Waals surface area contributed by atoms with Crippen LogP contribution in [0.4, 0.5) is 34.3 Å². The topological polar surface area (TPSA) is 131 Å². The number of ether oxygens (including phenoxy) is 4. The number of anilines is 2. The first-order valence-electron chi connectivity index (χ1n) is 25.6. The second kappa shape index (κ2) is 18.4. The lowest BCUT2D eigenvalue weighted by Gasteiger charge is -2.48. The van der Waals surface area contributed by atoms with Crippen LogP contribution in [0.3, 0.4) is 0 Å². The molecule has 5 aliphatic rings. The molecule has 9 rings (SSSR count). The van der Waals surface area contributed by atoms with Gasteiger partial charge in [-0.2, -0.15) is 9.97 Å². The molecule has 0 spiro atoms. The van der Waals surface area contributed by atoms with Gasteiger partial charge in [0.1, 0.15) is 60.6 Å². The number of aromatic nitrogens is 3. The summed E-state index contributed by atoms with van der Waals surface area (Å²) in [6.45, 7) is 31.2. The highest BCUT2D eigenvalue weighted by atomic mass is 28.3. The molecule has 6 atom stereocenters. The second-order valence-corrected chi connectivity index (χ2v) is 29.1. The maximum Gasteiger partial charge on any atom is 0.412 e. The van der Waals surface area contributed by atoms with Gasteiger partial charge in [0.2, 0.25) is 5.88 Å². The Morgan fingerprint density at radius 2 is 1.65 bits per heavy atom. The Kier molecular flexibility index (Phi) is 13.1. The van der Waals surface area contributed by atoms with Crippen LogP contribution in [-0.2, 0) is 9.47 Å². The van der Waals surface area contributed by atoms with E-state index in [1.54, 1.807) is 39.0 Å². The van der Waals surface area contributed by atoms with Crippen LogP contribution in [0.1, 0.15) is 121 Å². The number of pyridine rings is 1. The van der Waals surface area contributed by atoms with E-state index < -0.39 is 67.0 Å². The number of amides is 2. The second-order valence-electron chi connectivity index (χ2n) is 23.5. The summed E-state index contributed by atoms with van der Waals surface area (Å²) in [6, 6.07) is 5.15. The third-order valence-corrected chi connectivity index (χ3v) is 22.0. The van der Waals surface area contributed by atoms with Crippen molar-refractivity contribution in [3.05, 3.63) is 53.6 Å². The van der Waals surface area contributed by atoms with E-state index in [1.165, 1.54) is 6.07 Å². The normalized spacial score (nSPS) is 24.1. The molecule has 2 bridgehead atoms. The molecular weight excluding hydrogens is 940 g/mol. The lowest BCUT2D eigenvalue weighted by Crippen LogP contribution is -2.65. The maximum atomic E-state index is 18.5. The summed E-state index contributed by atoms with van der Waals surface area (Å²) in [5, 5.41) is 3.13. The number of fused-ring (bicyclic) bond motifs is 7. The van der Waals surface area contributed by atoms with Crippen molar-refractivity contribution in [3.63, 3.8) is 0 Å². The van der Waals surface area contributed by atoms with Crippen molar-refractivity contribution in [2.24, 2.45) is 0 Å². The minimum absolute atomic E-state index is 0.0167. The van der Waals surface area contributed by atoms with E-state index in [0.717, 1.165) is 5.57 Å². The standard InChI is InChI=1S/C55H70F3N7O6Si/c1-29(2)72(30(3)4,31(5)6)23-21-34-16-15-17-37-41(34)38(24-39(43(37)57)59-51(66)70-53(9,10)11)45-44(58)46-42-48(62-50(61-46)68-28-55-25-35(56)26-63(55)22-20-32(55)7)64-27-36-18-19-40(47(64)33(8)69-49(42)60-45)65(36)52(67)71-54(12,13)14/h15-17,24,29-31,33,35-36,40,47H,7,18-20,22,25-28H2,1-6,8-14H3,(H,59,66)/t33-,35+,36+,40-,47+,55?/m0/s1. The number of nitrogens with one attached hydrogen (secondary N) is 1. The molecule has 2 aromatic carbocycles. The molecular formula is C55H70F3N7O6Si. The molecule has 17 heteroatoms. The summed E-state index contributed by atoms with van der Waals surface area (Å²) in [4.78, 5) is 48.1. The minimum Gasteiger partial charge on any atom is -0.472 e. The largest absolute Gasteiger partial charge is 0.472 e. The van der Waals surface area contributed by atoms with Crippen LogP contribution in [-0.4, -0.2) is 118 Å². The summed E-state index contributed by atoms with van der Waals surface area (Å²) in [7, 11) is -2.36. The lowest BCUT2D eigenvalue weighted by molar-refractivity contribution is 0.000911. The van der Waals surface area contributed by atoms with Gasteiger partial charge in [0, 0.05) is 48.0 Å². The van der Waals surface area contributed by atoms with Crippen molar-refractivity contribution in [2.45, 2.75) is 179 Å². The number of hydrogen-bond donors (Lipinski definition) is 1. The summed E-state index contributed by atoms with van der Waals surface area (Å²) in [5.74, 6) is 2.18. The number of alkyl halides is 1. The van der Waals surface area contributed by atoms with E-state index in [-0.39, 0.29) is 98.8 Å². The molecule has 4 aromatic rings. The number of benzene rings is 2. The van der Waals surface area contributed by atoms with Crippen molar-refractivity contribution < 1.29 is 41.7 Å². The fourth-order valence-electron chi connectivity index (χ4n) is 12.7. The quantitative estimate of drug-likeness (QED) is 0.103. The van der Waals surface area contributed by atoms with Crippen molar-refractivity contribution >= 4 is 53.4 Å². The summed E-state index contributed by atoms with van der Waals surface area (Å²) < 4.78 is 75.7. The van der Waals surface area contributed by atoms with E-state index in [0.29, 0.717) is 43.7 Å². The smallest absolute Gasteiger partial charge is 0.412 e. The van der Waals surface area contributed by atoms with Gasteiger partial charge in [0.15, 0.2) is 11.6 Å². The first-order chi connectivity index (χ1) is 33.7.